The molecular formula is C13H12N2O3S. The van der Waals surface area contributed by atoms with Crippen LogP contribution in [0.15, 0.2) is 28.7 Å². The van der Waals surface area contributed by atoms with Gasteiger partial charge in [-0.2, -0.15) is 0 Å². The van der Waals surface area contributed by atoms with E-state index in [4.69, 9.17) is 9.52 Å². The average molecular weight is 276 g/mol. The van der Waals surface area contributed by atoms with E-state index in [-0.39, 0.29) is 10.8 Å². The molecule has 1 atom stereocenters. The fourth-order valence-electron chi connectivity index (χ4n) is 2.04. The third-order valence-corrected chi connectivity index (χ3v) is 4.37. The van der Waals surface area contributed by atoms with Gasteiger partial charge >= 0.3 is 5.97 Å². The lowest BCUT2D eigenvalue weighted by atomic mass is 10.1. The van der Waals surface area contributed by atoms with Crippen molar-refractivity contribution < 1.29 is 14.3 Å². The highest BCUT2D eigenvalue weighted by molar-refractivity contribution is 7.99. The van der Waals surface area contributed by atoms with Crippen molar-refractivity contribution in [1.82, 2.24) is 10.2 Å². The third-order valence-electron chi connectivity index (χ3n) is 3.00. The normalized spacial score (nSPS) is 18.6. The van der Waals surface area contributed by atoms with Crippen molar-refractivity contribution in [1.29, 1.82) is 0 Å². The average Bonchev–Trinajstić information content (AvgIpc) is 3.09. The first-order chi connectivity index (χ1) is 9.24. The fourth-order valence-corrected chi connectivity index (χ4v) is 3.23. The zero-order valence-corrected chi connectivity index (χ0v) is 10.9. The van der Waals surface area contributed by atoms with Crippen LogP contribution < -0.4 is 0 Å². The monoisotopic (exact) mass is 276 g/mol. The van der Waals surface area contributed by atoms with Gasteiger partial charge in [-0.15, -0.1) is 22.0 Å². The predicted molar refractivity (Wildman–Crippen MR) is 71.1 cm³/mol. The SMILES string of the molecule is O=C(O)c1cccc(-c2nnc(C3CCCS3)o2)c1. The van der Waals surface area contributed by atoms with Gasteiger partial charge in [0, 0.05) is 5.56 Å². The molecule has 1 aromatic heterocycles. The van der Waals surface area contributed by atoms with Gasteiger partial charge in [0.25, 0.3) is 0 Å². The predicted octanol–water partition coefficient (Wildman–Crippen LogP) is 3.00. The van der Waals surface area contributed by atoms with Crippen molar-refractivity contribution in [3.8, 4) is 11.5 Å². The molecule has 2 heterocycles. The summed E-state index contributed by atoms with van der Waals surface area (Å²) in [6, 6.07) is 6.52. The topological polar surface area (TPSA) is 76.2 Å². The number of thioether (sulfide) groups is 1. The molecular weight excluding hydrogens is 264 g/mol. The van der Waals surface area contributed by atoms with Crippen LogP contribution in [0.4, 0.5) is 0 Å². The van der Waals surface area contributed by atoms with Crippen LogP contribution in [0.5, 0.6) is 0 Å². The van der Waals surface area contributed by atoms with Crippen LogP contribution in [-0.4, -0.2) is 27.0 Å². The lowest BCUT2D eigenvalue weighted by Crippen LogP contribution is -1.95. The summed E-state index contributed by atoms with van der Waals surface area (Å²) in [4.78, 5) is 10.9. The molecule has 3 rings (SSSR count). The quantitative estimate of drug-likeness (QED) is 0.928. The van der Waals surface area contributed by atoms with Gasteiger partial charge in [0.2, 0.25) is 11.8 Å². The molecule has 0 radical (unpaired) electrons. The highest BCUT2D eigenvalue weighted by atomic mass is 32.2. The van der Waals surface area contributed by atoms with E-state index in [0.717, 1.165) is 12.2 Å². The van der Waals surface area contributed by atoms with Crippen LogP contribution in [0.3, 0.4) is 0 Å². The molecule has 0 amide bonds. The van der Waals surface area contributed by atoms with Crippen LogP contribution in [0.1, 0.15) is 34.3 Å². The summed E-state index contributed by atoms with van der Waals surface area (Å²) >= 11 is 1.82. The second-order valence-electron chi connectivity index (χ2n) is 4.33. The molecule has 0 saturated carbocycles. The molecule has 98 valence electrons. The molecule has 0 spiro atoms. The van der Waals surface area contributed by atoms with Gasteiger partial charge < -0.3 is 9.52 Å². The number of hydrogen-bond donors (Lipinski definition) is 1. The highest BCUT2D eigenvalue weighted by Crippen LogP contribution is 2.39. The van der Waals surface area contributed by atoms with Gasteiger partial charge in [-0.25, -0.2) is 4.79 Å². The lowest BCUT2D eigenvalue weighted by Gasteiger charge is -2.00. The Morgan fingerprint density at radius 2 is 2.32 bits per heavy atom. The number of carboxylic acids is 1. The summed E-state index contributed by atoms with van der Waals surface area (Å²) in [6.45, 7) is 0. The summed E-state index contributed by atoms with van der Waals surface area (Å²) < 4.78 is 5.65. The van der Waals surface area contributed by atoms with Crippen LogP contribution >= 0.6 is 11.8 Å². The van der Waals surface area contributed by atoms with Crippen LogP contribution in [-0.2, 0) is 0 Å². The number of carbonyl (C=O) groups is 1. The standard InChI is InChI=1S/C13H12N2O3S/c16-13(17)9-4-1-3-8(7-9)11-14-15-12(18-11)10-5-2-6-19-10/h1,3-4,7,10H,2,5-6H2,(H,16,17). The maximum atomic E-state index is 10.9. The summed E-state index contributed by atoms with van der Waals surface area (Å²) in [5.74, 6) is 1.17. The Balaban J connectivity index is 1.89. The van der Waals surface area contributed by atoms with Gasteiger partial charge in [-0.1, -0.05) is 6.07 Å². The fraction of sp³-hybridized carbons (Fsp3) is 0.308. The van der Waals surface area contributed by atoms with Crippen molar-refractivity contribution >= 4 is 17.7 Å². The van der Waals surface area contributed by atoms with Crippen molar-refractivity contribution in [2.24, 2.45) is 0 Å². The maximum absolute atomic E-state index is 10.9. The zero-order chi connectivity index (χ0) is 13.2. The van der Waals surface area contributed by atoms with E-state index < -0.39 is 5.97 Å². The molecule has 1 aliphatic heterocycles. The smallest absolute Gasteiger partial charge is 0.335 e. The largest absolute Gasteiger partial charge is 0.478 e. The molecule has 1 aromatic carbocycles. The number of carboxylic acid groups (broad SMARTS) is 1. The molecule has 1 N–H and O–H groups in total. The number of hydrogen-bond acceptors (Lipinski definition) is 5. The number of nitrogens with zero attached hydrogens (tertiary/aromatic N) is 2. The van der Waals surface area contributed by atoms with E-state index in [2.05, 4.69) is 10.2 Å². The molecule has 2 aromatic rings. The van der Waals surface area contributed by atoms with Gasteiger partial charge in [0.15, 0.2) is 0 Å². The van der Waals surface area contributed by atoms with E-state index >= 15 is 0 Å². The highest BCUT2D eigenvalue weighted by Gasteiger charge is 2.23. The first kappa shape index (κ1) is 12.2. The molecule has 0 aliphatic carbocycles. The Bertz CT molecular complexity index is 605. The summed E-state index contributed by atoms with van der Waals surface area (Å²) in [5.41, 5.74) is 0.856. The minimum absolute atomic E-state index is 0.215. The Kier molecular flexibility index (Phi) is 3.25. The molecule has 1 saturated heterocycles. The first-order valence-electron chi connectivity index (χ1n) is 6.03. The lowest BCUT2D eigenvalue weighted by molar-refractivity contribution is 0.0697. The van der Waals surface area contributed by atoms with Gasteiger partial charge in [0.05, 0.1) is 10.8 Å². The second kappa shape index (κ2) is 5.05. The molecule has 1 aliphatic rings. The zero-order valence-electron chi connectivity index (χ0n) is 10.1. The van der Waals surface area contributed by atoms with Crippen LogP contribution in [0, 0.1) is 0 Å². The summed E-state index contributed by atoms with van der Waals surface area (Å²) in [6.07, 6.45) is 2.23. The van der Waals surface area contributed by atoms with E-state index in [1.807, 2.05) is 11.8 Å². The molecule has 1 fully saturated rings. The molecule has 5 nitrogen and oxygen atoms in total. The van der Waals surface area contributed by atoms with E-state index in [0.29, 0.717) is 17.3 Å². The Morgan fingerprint density at radius 3 is 3.05 bits per heavy atom. The molecule has 19 heavy (non-hydrogen) atoms. The van der Waals surface area contributed by atoms with Crippen molar-refractivity contribution in [2.45, 2.75) is 18.1 Å². The molecule has 6 heteroatoms. The Labute approximate surface area is 114 Å². The van der Waals surface area contributed by atoms with Crippen LogP contribution in [0.25, 0.3) is 11.5 Å². The maximum Gasteiger partial charge on any atom is 0.335 e. The number of aromatic carboxylic acids is 1. The van der Waals surface area contributed by atoms with Crippen molar-refractivity contribution in [3.63, 3.8) is 0 Å². The second-order valence-corrected chi connectivity index (χ2v) is 5.64. The number of rotatable bonds is 3. The minimum Gasteiger partial charge on any atom is -0.478 e. The Hall–Kier alpha value is -1.82. The molecule has 1 unspecified atom stereocenters. The van der Waals surface area contributed by atoms with E-state index in [1.165, 1.54) is 12.5 Å². The van der Waals surface area contributed by atoms with E-state index in [1.54, 1.807) is 18.2 Å². The van der Waals surface area contributed by atoms with E-state index in [9.17, 15) is 4.79 Å². The summed E-state index contributed by atoms with van der Waals surface area (Å²) in [7, 11) is 0. The van der Waals surface area contributed by atoms with Crippen LogP contribution in [0.2, 0.25) is 0 Å². The van der Waals surface area contributed by atoms with Gasteiger partial charge in [-0.3, -0.25) is 0 Å². The van der Waals surface area contributed by atoms with Crippen molar-refractivity contribution in [3.05, 3.63) is 35.7 Å². The Morgan fingerprint density at radius 1 is 1.42 bits per heavy atom. The van der Waals surface area contributed by atoms with Crippen molar-refractivity contribution in [2.75, 3.05) is 5.75 Å². The van der Waals surface area contributed by atoms with Gasteiger partial charge in [-0.05, 0) is 36.8 Å². The molecule has 0 bridgehead atoms. The first-order valence-corrected chi connectivity index (χ1v) is 7.07. The summed E-state index contributed by atoms with van der Waals surface area (Å²) in [5, 5.41) is 17.3. The number of aromatic nitrogens is 2. The van der Waals surface area contributed by atoms with Gasteiger partial charge in [0.1, 0.15) is 0 Å². The number of benzene rings is 1. The third kappa shape index (κ3) is 2.49. The minimum atomic E-state index is -0.965.